The Bertz CT molecular complexity index is 466. The molecule has 1 aliphatic rings. The molecule has 0 aromatic heterocycles. The molecule has 1 aromatic rings. The summed E-state index contributed by atoms with van der Waals surface area (Å²) in [5.41, 5.74) is 2.29. The molecule has 1 aromatic carbocycles. The van der Waals surface area contributed by atoms with Crippen molar-refractivity contribution in [2.24, 2.45) is 5.41 Å². The van der Waals surface area contributed by atoms with Crippen molar-refractivity contribution in [3.8, 4) is 5.75 Å². The molecule has 0 atom stereocenters. The number of carbonyl (C=O) groups is 1. The molecule has 2 N–H and O–H groups in total. The minimum absolute atomic E-state index is 0.0179. The first-order chi connectivity index (χ1) is 9.04. The third-order valence-corrected chi connectivity index (χ3v) is 3.80. The minimum Gasteiger partial charge on any atom is -0.484 e. The average Bonchev–Trinajstić information content (AvgIpc) is 3.18. The molecule has 1 aliphatic carbocycles. The topological polar surface area (TPSA) is 58.6 Å². The highest BCUT2D eigenvalue weighted by atomic mass is 16.5. The van der Waals surface area contributed by atoms with Crippen LogP contribution in [-0.2, 0) is 4.79 Å². The van der Waals surface area contributed by atoms with Gasteiger partial charge in [-0.3, -0.25) is 4.79 Å². The molecule has 0 aliphatic heterocycles. The number of aryl methyl sites for hydroxylation is 2. The van der Waals surface area contributed by atoms with Gasteiger partial charge >= 0.3 is 0 Å². The normalized spacial score (nSPS) is 15.9. The molecular weight excluding hydrogens is 242 g/mol. The van der Waals surface area contributed by atoms with Crippen molar-refractivity contribution in [2.75, 3.05) is 19.8 Å². The van der Waals surface area contributed by atoms with Crippen LogP contribution >= 0.6 is 0 Å². The maximum absolute atomic E-state index is 11.6. The largest absolute Gasteiger partial charge is 0.484 e. The van der Waals surface area contributed by atoms with Gasteiger partial charge in [-0.05, 0) is 49.9 Å². The van der Waals surface area contributed by atoms with Crippen LogP contribution in [0.1, 0.15) is 24.0 Å². The van der Waals surface area contributed by atoms with Gasteiger partial charge in [0.2, 0.25) is 0 Å². The lowest BCUT2D eigenvalue weighted by atomic mass is 10.1. The quantitative estimate of drug-likeness (QED) is 0.819. The molecule has 0 heterocycles. The zero-order chi connectivity index (χ0) is 13.9. The molecule has 1 fully saturated rings. The van der Waals surface area contributed by atoms with Crippen LogP contribution in [0.5, 0.6) is 5.75 Å². The van der Waals surface area contributed by atoms with Crippen molar-refractivity contribution in [1.82, 2.24) is 5.32 Å². The van der Waals surface area contributed by atoms with Crippen LogP contribution < -0.4 is 10.1 Å². The molecule has 0 spiro atoms. The van der Waals surface area contributed by atoms with Crippen LogP contribution in [0.2, 0.25) is 0 Å². The van der Waals surface area contributed by atoms with E-state index in [1.165, 1.54) is 5.56 Å². The number of nitrogens with one attached hydrogen (secondary N) is 1. The Kier molecular flexibility index (Phi) is 4.10. The molecule has 4 nitrogen and oxygen atoms in total. The summed E-state index contributed by atoms with van der Waals surface area (Å²) < 4.78 is 5.45. The number of amides is 1. The predicted molar refractivity (Wildman–Crippen MR) is 73.2 cm³/mol. The Balaban J connectivity index is 1.75. The zero-order valence-electron chi connectivity index (χ0n) is 11.5. The molecule has 0 unspecified atom stereocenters. The molecule has 0 radical (unpaired) electrons. The third-order valence-electron chi connectivity index (χ3n) is 3.80. The predicted octanol–water partition coefficient (Wildman–Crippen LogP) is 1.57. The van der Waals surface area contributed by atoms with Gasteiger partial charge in [-0.2, -0.15) is 0 Å². The van der Waals surface area contributed by atoms with Gasteiger partial charge in [-0.15, -0.1) is 0 Å². The molecule has 19 heavy (non-hydrogen) atoms. The fraction of sp³-hybridized carbons (Fsp3) is 0.533. The third kappa shape index (κ3) is 3.70. The van der Waals surface area contributed by atoms with Gasteiger partial charge in [0.1, 0.15) is 5.75 Å². The van der Waals surface area contributed by atoms with E-state index in [9.17, 15) is 4.79 Å². The van der Waals surface area contributed by atoms with Gasteiger partial charge in [0.25, 0.3) is 5.91 Å². The number of ether oxygens (including phenoxy) is 1. The highest BCUT2D eigenvalue weighted by Gasteiger charge is 2.42. The van der Waals surface area contributed by atoms with E-state index in [-0.39, 0.29) is 24.5 Å². The van der Waals surface area contributed by atoms with Crippen molar-refractivity contribution in [2.45, 2.75) is 26.7 Å². The van der Waals surface area contributed by atoms with Gasteiger partial charge in [-0.25, -0.2) is 0 Å². The second kappa shape index (κ2) is 5.61. The SMILES string of the molecule is Cc1ccc(OCC(=O)NCC2(CO)CC2)cc1C. The highest BCUT2D eigenvalue weighted by Crippen LogP contribution is 2.44. The van der Waals surface area contributed by atoms with Gasteiger partial charge in [0.15, 0.2) is 6.61 Å². The minimum atomic E-state index is -0.141. The van der Waals surface area contributed by atoms with E-state index < -0.39 is 0 Å². The summed E-state index contributed by atoms with van der Waals surface area (Å²) in [5, 5.41) is 12.0. The molecule has 104 valence electrons. The van der Waals surface area contributed by atoms with E-state index in [1.54, 1.807) is 0 Å². The Hall–Kier alpha value is -1.55. The van der Waals surface area contributed by atoms with Crippen molar-refractivity contribution in [3.63, 3.8) is 0 Å². The second-order valence-electron chi connectivity index (χ2n) is 5.47. The number of hydrogen-bond donors (Lipinski definition) is 2. The molecule has 2 rings (SSSR count). The van der Waals surface area contributed by atoms with Crippen LogP contribution in [0.15, 0.2) is 18.2 Å². The van der Waals surface area contributed by atoms with Gasteiger partial charge in [0.05, 0.1) is 6.61 Å². The van der Waals surface area contributed by atoms with Crippen molar-refractivity contribution in [3.05, 3.63) is 29.3 Å². The number of benzene rings is 1. The summed E-state index contributed by atoms with van der Waals surface area (Å²) in [4.78, 5) is 11.6. The fourth-order valence-electron chi connectivity index (χ4n) is 1.86. The monoisotopic (exact) mass is 263 g/mol. The summed E-state index contributed by atoms with van der Waals surface area (Å²) in [6.07, 6.45) is 1.98. The molecule has 1 saturated carbocycles. The standard InChI is InChI=1S/C15H21NO3/c1-11-3-4-13(7-12(11)2)19-8-14(18)16-9-15(10-17)5-6-15/h3-4,7,17H,5-6,8-10H2,1-2H3,(H,16,18). The summed E-state index contributed by atoms with van der Waals surface area (Å²) in [6.45, 7) is 4.75. The summed E-state index contributed by atoms with van der Waals surface area (Å²) in [5.74, 6) is 0.569. The molecular formula is C15H21NO3. The smallest absolute Gasteiger partial charge is 0.257 e. The van der Waals surface area contributed by atoms with E-state index in [1.807, 2.05) is 32.0 Å². The number of carbonyl (C=O) groups excluding carboxylic acids is 1. The van der Waals surface area contributed by atoms with Crippen LogP contribution in [0.3, 0.4) is 0 Å². The number of aliphatic hydroxyl groups excluding tert-OH is 1. The number of rotatable bonds is 6. The molecule has 4 heteroatoms. The Morgan fingerprint density at radius 3 is 2.68 bits per heavy atom. The number of aliphatic hydroxyl groups is 1. The van der Waals surface area contributed by atoms with E-state index in [4.69, 9.17) is 9.84 Å². The first-order valence-electron chi connectivity index (χ1n) is 6.62. The lowest BCUT2D eigenvalue weighted by Crippen LogP contribution is -2.35. The van der Waals surface area contributed by atoms with E-state index in [0.29, 0.717) is 12.3 Å². The summed E-state index contributed by atoms with van der Waals surface area (Å²) in [6, 6.07) is 5.78. The Morgan fingerprint density at radius 2 is 2.11 bits per heavy atom. The first-order valence-corrected chi connectivity index (χ1v) is 6.62. The lowest BCUT2D eigenvalue weighted by Gasteiger charge is -2.13. The summed E-state index contributed by atoms with van der Waals surface area (Å²) >= 11 is 0. The van der Waals surface area contributed by atoms with Crippen molar-refractivity contribution in [1.29, 1.82) is 0 Å². The van der Waals surface area contributed by atoms with Crippen LogP contribution in [0.25, 0.3) is 0 Å². The van der Waals surface area contributed by atoms with Gasteiger partial charge in [-0.1, -0.05) is 6.07 Å². The van der Waals surface area contributed by atoms with E-state index in [0.717, 1.165) is 18.4 Å². The average molecular weight is 263 g/mol. The fourth-order valence-corrected chi connectivity index (χ4v) is 1.86. The Labute approximate surface area is 113 Å². The van der Waals surface area contributed by atoms with Gasteiger partial charge < -0.3 is 15.2 Å². The maximum Gasteiger partial charge on any atom is 0.257 e. The second-order valence-corrected chi connectivity index (χ2v) is 5.47. The van der Waals surface area contributed by atoms with Crippen molar-refractivity contribution >= 4 is 5.91 Å². The van der Waals surface area contributed by atoms with Crippen molar-refractivity contribution < 1.29 is 14.6 Å². The molecule has 0 bridgehead atoms. The van der Waals surface area contributed by atoms with Gasteiger partial charge in [0, 0.05) is 12.0 Å². The molecule has 0 saturated heterocycles. The van der Waals surface area contributed by atoms with Crippen LogP contribution in [0.4, 0.5) is 0 Å². The molecule has 1 amide bonds. The summed E-state index contributed by atoms with van der Waals surface area (Å²) in [7, 11) is 0. The highest BCUT2D eigenvalue weighted by molar-refractivity contribution is 5.77. The number of hydrogen-bond acceptors (Lipinski definition) is 3. The van der Waals surface area contributed by atoms with Crippen LogP contribution in [-0.4, -0.2) is 30.8 Å². The zero-order valence-corrected chi connectivity index (χ0v) is 11.5. The Morgan fingerprint density at radius 1 is 1.37 bits per heavy atom. The lowest BCUT2D eigenvalue weighted by molar-refractivity contribution is -0.123. The van der Waals surface area contributed by atoms with E-state index >= 15 is 0 Å². The van der Waals surface area contributed by atoms with Crippen LogP contribution in [0, 0.1) is 19.3 Å². The maximum atomic E-state index is 11.6. The first kappa shape index (κ1) is 13.9. The van der Waals surface area contributed by atoms with E-state index in [2.05, 4.69) is 5.32 Å².